The Kier molecular flexibility index (Phi) is 3.52. The van der Waals surface area contributed by atoms with E-state index < -0.39 is 0 Å². The van der Waals surface area contributed by atoms with Crippen molar-refractivity contribution in [1.29, 1.82) is 0 Å². The Morgan fingerprint density at radius 1 is 1.75 bits per heavy atom. The number of hydrogen-bond acceptors (Lipinski definition) is 4. The van der Waals surface area contributed by atoms with Gasteiger partial charge in [0, 0.05) is 25.2 Å². The highest BCUT2D eigenvalue weighted by atomic mass is 16.2. The molecule has 5 heteroatoms. The van der Waals surface area contributed by atoms with Gasteiger partial charge in [0.2, 0.25) is 0 Å². The lowest BCUT2D eigenvalue weighted by Gasteiger charge is -2.23. The third-order valence-corrected chi connectivity index (χ3v) is 2.62. The first kappa shape index (κ1) is 9.99. The molecule has 1 rings (SSSR count). The second-order valence-corrected chi connectivity index (χ2v) is 3.44. The first-order chi connectivity index (χ1) is 5.69. The van der Waals surface area contributed by atoms with Crippen LogP contribution in [0.1, 0.15) is 6.42 Å². The van der Waals surface area contributed by atoms with E-state index in [2.05, 4.69) is 5.32 Å². The van der Waals surface area contributed by atoms with Crippen molar-refractivity contribution in [1.82, 2.24) is 10.1 Å². The second kappa shape index (κ2) is 4.23. The van der Waals surface area contributed by atoms with Crippen molar-refractivity contribution in [2.75, 3.05) is 20.1 Å². The summed E-state index contributed by atoms with van der Waals surface area (Å²) in [6.07, 6.45) is 1.04. The topological polar surface area (TPSA) is 61.5 Å². The molecule has 0 amide bonds. The normalized spacial score (nSPS) is 31.0. The molecule has 1 heterocycles. The molecule has 12 heavy (non-hydrogen) atoms. The second-order valence-electron chi connectivity index (χ2n) is 3.44. The molecule has 4 N–H and O–H groups in total. The number of hydrogen-bond donors (Lipinski definition) is 3. The fourth-order valence-corrected chi connectivity index (χ4v) is 1.84. The Labute approximate surface area is 74.2 Å². The van der Waals surface area contributed by atoms with Gasteiger partial charge in [-0.05, 0) is 20.3 Å². The van der Waals surface area contributed by atoms with Crippen molar-refractivity contribution < 1.29 is 5.02 Å². The minimum atomic E-state index is -0.378. The van der Waals surface area contributed by atoms with Crippen LogP contribution >= 0.6 is 0 Å². The van der Waals surface area contributed by atoms with Crippen molar-refractivity contribution >= 4 is 7.05 Å². The summed E-state index contributed by atoms with van der Waals surface area (Å²) in [5, 5.41) is 12.6. The highest BCUT2D eigenvalue weighted by Crippen LogP contribution is 2.17. The average Bonchev–Trinajstić information content (AvgIpc) is 2.47. The van der Waals surface area contributed by atoms with Gasteiger partial charge in [0.05, 0.1) is 0 Å². The quantitative estimate of drug-likeness (QED) is 0.463. The smallest absolute Gasteiger partial charge is 0.376 e. The largest absolute Gasteiger partial charge is 0.437 e. The Morgan fingerprint density at radius 2 is 2.42 bits per heavy atom. The van der Waals surface area contributed by atoms with Crippen LogP contribution in [0.25, 0.3) is 0 Å². The Morgan fingerprint density at radius 3 is 2.75 bits per heavy atom. The van der Waals surface area contributed by atoms with Gasteiger partial charge < -0.3 is 20.9 Å². The van der Waals surface area contributed by atoms with Crippen molar-refractivity contribution in [3.8, 4) is 0 Å². The van der Waals surface area contributed by atoms with Gasteiger partial charge in [0.1, 0.15) is 0 Å². The molecule has 0 aromatic heterocycles. The van der Waals surface area contributed by atoms with Gasteiger partial charge in [-0.15, -0.1) is 0 Å². The molecule has 2 atom stereocenters. The van der Waals surface area contributed by atoms with Gasteiger partial charge in [-0.25, -0.2) is 0 Å². The maximum Gasteiger partial charge on any atom is 0.376 e. The molecule has 0 spiro atoms. The molecule has 0 bridgehead atoms. The monoisotopic (exact) mass is 171 g/mol. The van der Waals surface area contributed by atoms with Crippen molar-refractivity contribution in [2.45, 2.75) is 25.3 Å². The summed E-state index contributed by atoms with van der Waals surface area (Å²) in [7, 11) is 1.57. The van der Waals surface area contributed by atoms with E-state index in [1.807, 2.05) is 11.9 Å². The highest BCUT2D eigenvalue weighted by Gasteiger charge is 2.34. The molecule has 0 aromatic carbocycles. The predicted octanol–water partition coefficient (Wildman–Crippen LogP) is -1.28. The fraction of sp³-hybridized carbons (Fsp3) is 1.00. The summed E-state index contributed by atoms with van der Waals surface area (Å²) in [6.45, 7) is 3.32. The van der Waals surface area contributed by atoms with Crippen LogP contribution in [0.3, 0.4) is 0 Å². The van der Waals surface area contributed by atoms with Gasteiger partial charge in [0.15, 0.2) is 0 Å². The first-order valence-electron chi connectivity index (χ1n) is 4.50. The lowest BCUT2D eigenvalue weighted by molar-refractivity contribution is 0.348. The van der Waals surface area contributed by atoms with Gasteiger partial charge >= 0.3 is 7.05 Å². The molecule has 1 aliphatic heterocycles. The zero-order valence-electron chi connectivity index (χ0n) is 7.83. The molecular weight excluding hydrogens is 153 g/mol. The molecule has 0 aromatic rings. The zero-order valence-corrected chi connectivity index (χ0v) is 7.83. The van der Waals surface area contributed by atoms with E-state index in [4.69, 9.17) is 5.73 Å². The maximum atomic E-state index is 9.41. The van der Waals surface area contributed by atoms with Crippen LogP contribution < -0.4 is 11.1 Å². The third kappa shape index (κ3) is 1.98. The van der Waals surface area contributed by atoms with E-state index in [1.54, 1.807) is 6.82 Å². The number of nitrogens with one attached hydrogen (secondary N) is 1. The Balaban J connectivity index is 2.50. The molecule has 1 aliphatic rings. The van der Waals surface area contributed by atoms with E-state index in [-0.39, 0.29) is 7.05 Å². The minimum Gasteiger partial charge on any atom is -0.437 e. The molecule has 1 saturated heterocycles. The molecule has 4 nitrogen and oxygen atoms in total. The van der Waals surface area contributed by atoms with Gasteiger partial charge in [-0.3, -0.25) is 0 Å². The van der Waals surface area contributed by atoms with E-state index >= 15 is 0 Å². The number of nitrogens with zero attached hydrogens (tertiary/aromatic N) is 1. The van der Waals surface area contributed by atoms with E-state index in [9.17, 15) is 5.02 Å². The molecule has 70 valence electrons. The van der Waals surface area contributed by atoms with Gasteiger partial charge in [-0.1, -0.05) is 0 Å². The molecule has 0 unspecified atom stereocenters. The predicted molar refractivity (Wildman–Crippen MR) is 50.8 cm³/mol. The molecule has 0 saturated carbocycles. The number of likely N-dealkylation sites (N-methyl/N-ethyl adjacent to an activating group) is 1. The lowest BCUT2D eigenvalue weighted by atomic mass is 9.84. The van der Waals surface area contributed by atoms with Crippen LogP contribution in [0.4, 0.5) is 0 Å². The molecule has 0 aliphatic carbocycles. The summed E-state index contributed by atoms with van der Waals surface area (Å²) < 4.78 is 0. The SMILES string of the molecule is CN[C@@H]1C[C@H](CN)N(B(C)O)C1. The van der Waals surface area contributed by atoms with Gasteiger partial charge in [0.25, 0.3) is 0 Å². The fourth-order valence-electron chi connectivity index (χ4n) is 1.84. The summed E-state index contributed by atoms with van der Waals surface area (Å²) >= 11 is 0. The molecular formula is C7H18BN3O. The summed E-state index contributed by atoms with van der Waals surface area (Å²) in [6, 6.07) is 0.815. The van der Waals surface area contributed by atoms with Crippen LogP contribution in [0.15, 0.2) is 0 Å². The van der Waals surface area contributed by atoms with Crippen LogP contribution in [-0.4, -0.2) is 49.1 Å². The van der Waals surface area contributed by atoms with Crippen LogP contribution in [0.2, 0.25) is 6.82 Å². The number of nitrogens with two attached hydrogens (primary N) is 1. The van der Waals surface area contributed by atoms with E-state index in [0.717, 1.165) is 13.0 Å². The Hall–Kier alpha value is -0.0951. The van der Waals surface area contributed by atoms with E-state index in [1.165, 1.54) is 0 Å². The van der Waals surface area contributed by atoms with Crippen LogP contribution in [0.5, 0.6) is 0 Å². The number of rotatable bonds is 3. The average molecular weight is 171 g/mol. The summed E-state index contributed by atoms with van der Waals surface area (Å²) in [4.78, 5) is 2.04. The molecule has 0 radical (unpaired) electrons. The molecule has 1 fully saturated rings. The van der Waals surface area contributed by atoms with Crippen molar-refractivity contribution in [2.24, 2.45) is 5.73 Å². The highest BCUT2D eigenvalue weighted by molar-refractivity contribution is 6.45. The lowest BCUT2D eigenvalue weighted by Crippen LogP contribution is -2.44. The van der Waals surface area contributed by atoms with Crippen molar-refractivity contribution in [3.05, 3.63) is 0 Å². The van der Waals surface area contributed by atoms with Crippen LogP contribution in [0, 0.1) is 0 Å². The minimum absolute atomic E-state index is 0.336. The Bertz CT molecular complexity index is 145. The third-order valence-electron chi connectivity index (χ3n) is 2.62. The van der Waals surface area contributed by atoms with Crippen LogP contribution in [-0.2, 0) is 0 Å². The standard InChI is InChI=1S/C7H18BN3O/c1-8(12)11-5-6(10-2)3-7(11)4-9/h6-7,10,12H,3-5,9H2,1-2H3/t6-,7-/m1/s1. The maximum absolute atomic E-state index is 9.41. The first-order valence-corrected chi connectivity index (χ1v) is 4.50. The summed E-state index contributed by atoms with van der Waals surface area (Å²) in [5.74, 6) is 0. The zero-order chi connectivity index (χ0) is 9.14. The van der Waals surface area contributed by atoms with E-state index in [0.29, 0.717) is 18.6 Å². The summed E-state index contributed by atoms with van der Waals surface area (Å²) in [5.41, 5.74) is 5.60. The van der Waals surface area contributed by atoms with Crippen molar-refractivity contribution in [3.63, 3.8) is 0 Å². The van der Waals surface area contributed by atoms with Gasteiger partial charge in [-0.2, -0.15) is 0 Å².